The molecule has 1 aromatic carbocycles. The lowest BCUT2D eigenvalue weighted by Crippen LogP contribution is -2.42. The van der Waals surface area contributed by atoms with Crippen LogP contribution in [-0.4, -0.2) is 51.1 Å². The second-order valence-electron chi connectivity index (χ2n) is 4.60. The molecule has 2 unspecified atom stereocenters. The van der Waals surface area contributed by atoms with Crippen LogP contribution in [0, 0.1) is 0 Å². The van der Waals surface area contributed by atoms with E-state index in [4.69, 9.17) is 4.74 Å². The van der Waals surface area contributed by atoms with Crippen molar-refractivity contribution in [1.82, 2.24) is 20.1 Å². The SMILES string of the molecule is O=C(NC1COCC1O)c1cccc(-n2cnnc2)c1. The first-order valence-electron chi connectivity index (χ1n) is 6.26. The first-order chi connectivity index (χ1) is 9.74. The molecule has 0 radical (unpaired) electrons. The Morgan fingerprint density at radius 1 is 1.35 bits per heavy atom. The quantitative estimate of drug-likeness (QED) is 0.806. The maximum absolute atomic E-state index is 12.1. The Balaban J connectivity index is 1.76. The van der Waals surface area contributed by atoms with Crippen LogP contribution in [0.4, 0.5) is 0 Å². The van der Waals surface area contributed by atoms with Gasteiger partial charge in [-0.05, 0) is 18.2 Å². The molecular weight excluding hydrogens is 260 g/mol. The third-order valence-electron chi connectivity index (χ3n) is 3.19. The topological polar surface area (TPSA) is 89.3 Å². The minimum atomic E-state index is -0.653. The van der Waals surface area contributed by atoms with Crippen molar-refractivity contribution in [3.8, 4) is 5.69 Å². The smallest absolute Gasteiger partial charge is 0.251 e. The molecule has 2 aromatic rings. The largest absolute Gasteiger partial charge is 0.388 e. The highest BCUT2D eigenvalue weighted by molar-refractivity contribution is 5.95. The number of benzene rings is 1. The number of carbonyl (C=O) groups excluding carboxylic acids is 1. The summed E-state index contributed by atoms with van der Waals surface area (Å²) in [5.41, 5.74) is 1.31. The van der Waals surface area contributed by atoms with Crippen LogP contribution < -0.4 is 5.32 Å². The Morgan fingerprint density at radius 3 is 2.85 bits per heavy atom. The second-order valence-corrected chi connectivity index (χ2v) is 4.60. The number of hydrogen-bond donors (Lipinski definition) is 2. The van der Waals surface area contributed by atoms with E-state index in [1.165, 1.54) is 0 Å². The van der Waals surface area contributed by atoms with Crippen molar-refractivity contribution in [2.75, 3.05) is 13.2 Å². The van der Waals surface area contributed by atoms with E-state index in [2.05, 4.69) is 15.5 Å². The van der Waals surface area contributed by atoms with Gasteiger partial charge in [0.1, 0.15) is 12.7 Å². The molecule has 1 aliphatic rings. The van der Waals surface area contributed by atoms with E-state index in [0.29, 0.717) is 12.2 Å². The molecule has 1 fully saturated rings. The molecular formula is C13H14N4O3. The van der Waals surface area contributed by atoms with Crippen LogP contribution in [0.25, 0.3) is 5.69 Å². The minimum Gasteiger partial charge on any atom is -0.388 e. The van der Waals surface area contributed by atoms with Crippen LogP contribution in [0.5, 0.6) is 0 Å². The number of rotatable bonds is 3. The second kappa shape index (κ2) is 5.40. The molecule has 1 aliphatic heterocycles. The summed E-state index contributed by atoms with van der Waals surface area (Å²) in [6.45, 7) is 0.587. The zero-order valence-electron chi connectivity index (χ0n) is 10.6. The highest BCUT2D eigenvalue weighted by atomic mass is 16.5. The summed E-state index contributed by atoms with van der Waals surface area (Å²) in [5.74, 6) is -0.241. The highest BCUT2D eigenvalue weighted by Gasteiger charge is 2.27. The molecule has 1 saturated heterocycles. The monoisotopic (exact) mass is 274 g/mol. The molecule has 104 valence electrons. The third kappa shape index (κ3) is 2.54. The zero-order chi connectivity index (χ0) is 13.9. The first-order valence-corrected chi connectivity index (χ1v) is 6.26. The van der Waals surface area contributed by atoms with Gasteiger partial charge in [-0.15, -0.1) is 10.2 Å². The number of amides is 1. The van der Waals surface area contributed by atoms with Crippen LogP contribution in [0.1, 0.15) is 10.4 Å². The molecule has 2 atom stereocenters. The average molecular weight is 274 g/mol. The molecule has 7 nitrogen and oxygen atoms in total. The van der Waals surface area contributed by atoms with Crippen molar-refractivity contribution in [1.29, 1.82) is 0 Å². The van der Waals surface area contributed by atoms with E-state index in [1.54, 1.807) is 35.4 Å². The molecule has 1 aromatic heterocycles. The van der Waals surface area contributed by atoms with Crippen LogP contribution in [0.3, 0.4) is 0 Å². The predicted octanol–water partition coefficient (Wildman–Crippen LogP) is -0.243. The van der Waals surface area contributed by atoms with Gasteiger partial charge in [-0.25, -0.2) is 0 Å². The molecule has 0 saturated carbocycles. The Morgan fingerprint density at radius 2 is 2.15 bits per heavy atom. The number of aromatic nitrogens is 3. The van der Waals surface area contributed by atoms with Gasteiger partial charge in [0.2, 0.25) is 0 Å². The van der Waals surface area contributed by atoms with E-state index < -0.39 is 6.10 Å². The van der Waals surface area contributed by atoms with Crippen LogP contribution in [0.15, 0.2) is 36.9 Å². The standard InChI is InChI=1S/C13H14N4O3/c18-12-6-20-5-11(12)16-13(19)9-2-1-3-10(4-9)17-7-14-15-8-17/h1-4,7-8,11-12,18H,5-6H2,(H,16,19). The summed E-state index contributed by atoms with van der Waals surface area (Å²) in [4.78, 5) is 12.1. The lowest BCUT2D eigenvalue weighted by molar-refractivity contribution is 0.0886. The van der Waals surface area contributed by atoms with E-state index in [0.717, 1.165) is 5.69 Å². The average Bonchev–Trinajstić information content (AvgIpc) is 3.12. The van der Waals surface area contributed by atoms with Gasteiger partial charge in [0.25, 0.3) is 5.91 Å². The Kier molecular flexibility index (Phi) is 3.44. The lowest BCUT2D eigenvalue weighted by Gasteiger charge is -2.14. The number of hydrogen-bond acceptors (Lipinski definition) is 5. The summed E-state index contributed by atoms with van der Waals surface area (Å²) in [5, 5.41) is 19.9. The molecule has 1 amide bonds. The fourth-order valence-corrected chi connectivity index (χ4v) is 2.07. The van der Waals surface area contributed by atoms with Crippen molar-refractivity contribution in [2.45, 2.75) is 12.1 Å². The number of aliphatic hydroxyl groups excluding tert-OH is 1. The van der Waals surface area contributed by atoms with Crippen LogP contribution in [-0.2, 0) is 4.74 Å². The van der Waals surface area contributed by atoms with E-state index in [-0.39, 0.29) is 18.6 Å². The predicted molar refractivity (Wildman–Crippen MR) is 69.4 cm³/mol. The Labute approximate surface area is 115 Å². The van der Waals surface area contributed by atoms with Crippen molar-refractivity contribution in [3.05, 3.63) is 42.5 Å². The normalized spacial score (nSPS) is 21.9. The summed E-state index contributed by atoms with van der Waals surface area (Å²) in [7, 11) is 0. The van der Waals surface area contributed by atoms with Gasteiger partial charge in [0.15, 0.2) is 0 Å². The number of aliphatic hydroxyl groups is 1. The van der Waals surface area contributed by atoms with Gasteiger partial charge in [-0.3, -0.25) is 9.36 Å². The summed E-state index contributed by atoms with van der Waals surface area (Å²) in [6.07, 6.45) is 2.47. The van der Waals surface area contributed by atoms with Crippen LogP contribution in [0.2, 0.25) is 0 Å². The fourth-order valence-electron chi connectivity index (χ4n) is 2.07. The molecule has 0 bridgehead atoms. The maximum atomic E-state index is 12.1. The molecule has 2 heterocycles. The summed E-state index contributed by atoms with van der Waals surface area (Å²) < 4.78 is 6.82. The van der Waals surface area contributed by atoms with Gasteiger partial charge in [0.05, 0.1) is 25.4 Å². The molecule has 7 heteroatoms. The molecule has 2 N–H and O–H groups in total. The van der Waals surface area contributed by atoms with E-state index in [9.17, 15) is 9.90 Å². The zero-order valence-corrected chi connectivity index (χ0v) is 10.6. The number of carbonyl (C=O) groups is 1. The Bertz CT molecular complexity index is 599. The van der Waals surface area contributed by atoms with Crippen molar-refractivity contribution >= 4 is 5.91 Å². The highest BCUT2D eigenvalue weighted by Crippen LogP contribution is 2.11. The molecule has 0 spiro atoms. The van der Waals surface area contributed by atoms with Crippen molar-refractivity contribution < 1.29 is 14.6 Å². The molecule has 3 rings (SSSR count). The van der Waals surface area contributed by atoms with E-state index in [1.807, 2.05) is 6.07 Å². The van der Waals surface area contributed by atoms with Gasteiger partial charge < -0.3 is 15.2 Å². The van der Waals surface area contributed by atoms with Gasteiger partial charge in [-0.2, -0.15) is 0 Å². The number of nitrogens with zero attached hydrogens (tertiary/aromatic N) is 3. The van der Waals surface area contributed by atoms with Gasteiger partial charge in [-0.1, -0.05) is 6.07 Å². The Hall–Kier alpha value is -2.25. The van der Waals surface area contributed by atoms with Gasteiger partial charge in [0, 0.05) is 11.3 Å². The fraction of sp³-hybridized carbons (Fsp3) is 0.308. The van der Waals surface area contributed by atoms with E-state index >= 15 is 0 Å². The first kappa shape index (κ1) is 12.8. The molecule has 20 heavy (non-hydrogen) atoms. The summed E-state index contributed by atoms with van der Waals surface area (Å²) in [6, 6.07) is 6.73. The minimum absolute atomic E-state index is 0.241. The lowest BCUT2D eigenvalue weighted by atomic mass is 10.1. The number of ether oxygens (including phenoxy) is 1. The third-order valence-corrected chi connectivity index (χ3v) is 3.19. The molecule has 0 aliphatic carbocycles. The maximum Gasteiger partial charge on any atom is 0.251 e. The number of nitrogens with one attached hydrogen (secondary N) is 1. The summed E-state index contributed by atoms with van der Waals surface area (Å²) >= 11 is 0. The van der Waals surface area contributed by atoms with Crippen molar-refractivity contribution in [3.63, 3.8) is 0 Å². The van der Waals surface area contributed by atoms with Crippen LogP contribution >= 0.6 is 0 Å². The van der Waals surface area contributed by atoms with Crippen molar-refractivity contribution in [2.24, 2.45) is 0 Å². The van der Waals surface area contributed by atoms with Gasteiger partial charge >= 0.3 is 0 Å².